The summed E-state index contributed by atoms with van der Waals surface area (Å²) >= 11 is 3.40. The van der Waals surface area contributed by atoms with E-state index in [2.05, 4.69) is 40.3 Å². The smallest absolute Gasteiger partial charge is 0.0582 e. The second-order valence-corrected chi connectivity index (χ2v) is 4.44. The number of hydrogen-bond acceptors (Lipinski definition) is 2. The van der Waals surface area contributed by atoms with E-state index in [1.165, 1.54) is 5.56 Å². The van der Waals surface area contributed by atoms with Crippen LogP contribution in [0.3, 0.4) is 0 Å². The average Bonchev–Trinajstić information content (AvgIpc) is 2.18. The molecule has 0 saturated heterocycles. The van der Waals surface area contributed by atoms with Crippen LogP contribution in [0.2, 0.25) is 0 Å². The zero-order valence-corrected chi connectivity index (χ0v) is 10.1. The van der Waals surface area contributed by atoms with Crippen molar-refractivity contribution >= 4 is 15.9 Å². The van der Waals surface area contributed by atoms with Crippen molar-refractivity contribution in [1.82, 2.24) is 5.32 Å². The van der Waals surface area contributed by atoms with Crippen LogP contribution in [-0.4, -0.2) is 17.8 Å². The molecule has 1 aromatic rings. The summed E-state index contributed by atoms with van der Waals surface area (Å²) in [6.45, 7) is 4.23. The molecule has 2 N–H and O–H groups in total. The predicted octanol–water partition coefficient (Wildman–Crippen LogP) is 2.48. The van der Waals surface area contributed by atoms with Gasteiger partial charge in [0.1, 0.15) is 0 Å². The van der Waals surface area contributed by atoms with Crippen molar-refractivity contribution in [2.24, 2.45) is 0 Å². The van der Waals surface area contributed by atoms with Crippen LogP contribution in [0, 0.1) is 0 Å². The third-order valence-corrected chi connectivity index (χ3v) is 2.71. The molecule has 0 aliphatic rings. The second-order valence-electron chi connectivity index (χ2n) is 3.52. The van der Waals surface area contributed by atoms with Gasteiger partial charge in [-0.25, -0.2) is 0 Å². The molecule has 14 heavy (non-hydrogen) atoms. The molecule has 0 spiro atoms. The van der Waals surface area contributed by atoms with Crippen molar-refractivity contribution in [3.05, 3.63) is 34.3 Å². The van der Waals surface area contributed by atoms with Gasteiger partial charge < -0.3 is 10.4 Å². The van der Waals surface area contributed by atoms with Crippen molar-refractivity contribution in [3.8, 4) is 0 Å². The summed E-state index contributed by atoms with van der Waals surface area (Å²) in [5.41, 5.74) is 1.23. The lowest BCUT2D eigenvalue weighted by Gasteiger charge is -2.18. The molecule has 0 aliphatic carbocycles. The van der Waals surface area contributed by atoms with E-state index in [1.54, 1.807) is 0 Å². The first-order valence-electron chi connectivity index (χ1n) is 4.76. The van der Waals surface area contributed by atoms with Crippen LogP contribution in [0.4, 0.5) is 0 Å². The van der Waals surface area contributed by atoms with E-state index in [0.29, 0.717) is 0 Å². The first-order valence-corrected chi connectivity index (χ1v) is 5.55. The summed E-state index contributed by atoms with van der Waals surface area (Å²) in [7, 11) is 0. The molecule has 0 saturated carbocycles. The normalized spacial score (nSPS) is 15.1. The zero-order valence-electron chi connectivity index (χ0n) is 8.50. The number of benzene rings is 1. The van der Waals surface area contributed by atoms with Gasteiger partial charge in [-0.05, 0) is 31.5 Å². The van der Waals surface area contributed by atoms with Gasteiger partial charge in [0, 0.05) is 16.6 Å². The van der Waals surface area contributed by atoms with Gasteiger partial charge in [0.15, 0.2) is 0 Å². The number of nitrogens with one attached hydrogen (secondary N) is 1. The van der Waals surface area contributed by atoms with Crippen molar-refractivity contribution in [3.63, 3.8) is 0 Å². The molecule has 1 aromatic carbocycles. The number of halogens is 1. The Morgan fingerprint density at radius 3 is 2.36 bits per heavy atom. The van der Waals surface area contributed by atoms with Crippen molar-refractivity contribution in [1.29, 1.82) is 0 Å². The topological polar surface area (TPSA) is 32.3 Å². The summed E-state index contributed by atoms with van der Waals surface area (Å²) < 4.78 is 1.09. The highest BCUT2D eigenvalue weighted by molar-refractivity contribution is 9.10. The monoisotopic (exact) mass is 257 g/mol. The van der Waals surface area contributed by atoms with Gasteiger partial charge in [0.25, 0.3) is 0 Å². The van der Waals surface area contributed by atoms with Crippen LogP contribution >= 0.6 is 15.9 Å². The minimum Gasteiger partial charge on any atom is -0.395 e. The van der Waals surface area contributed by atoms with E-state index >= 15 is 0 Å². The lowest BCUT2D eigenvalue weighted by atomic mass is 10.1. The van der Waals surface area contributed by atoms with E-state index in [1.807, 2.05) is 19.1 Å². The molecule has 0 heterocycles. The molecule has 2 atom stereocenters. The van der Waals surface area contributed by atoms with Gasteiger partial charge >= 0.3 is 0 Å². The summed E-state index contributed by atoms with van der Waals surface area (Å²) in [4.78, 5) is 0. The molecular weight excluding hydrogens is 242 g/mol. The highest BCUT2D eigenvalue weighted by Gasteiger charge is 2.07. The molecule has 78 valence electrons. The number of aliphatic hydroxyl groups is 1. The Bertz CT molecular complexity index is 273. The van der Waals surface area contributed by atoms with Gasteiger partial charge in [-0.2, -0.15) is 0 Å². The van der Waals surface area contributed by atoms with E-state index in [9.17, 15) is 0 Å². The number of rotatable bonds is 4. The maximum absolute atomic E-state index is 8.90. The fourth-order valence-corrected chi connectivity index (χ4v) is 1.59. The summed E-state index contributed by atoms with van der Waals surface area (Å²) in [5, 5.41) is 12.2. The first-order chi connectivity index (χ1) is 6.63. The van der Waals surface area contributed by atoms with Crippen molar-refractivity contribution in [2.45, 2.75) is 25.9 Å². The van der Waals surface area contributed by atoms with Crippen LogP contribution in [0.25, 0.3) is 0 Å². The van der Waals surface area contributed by atoms with Crippen molar-refractivity contribution < 1.29 is 5.11 Å². The molecule has 0 amide bonds. The Morgan fingerprint density at radius 2 is 1.86 bits per heavy atom. The summed E-state index contributed by atoms with van der Waals surface area (Å²) in [5.74, 6) is 0. The van der Waals surface area contributed by atoms with Crippen LogP contribution in [-0.2, 0) is 0 Å². The van der Waals surface area contributed by atoms with Gasteiger partial charge in [-0.1, -0.05) is 28.1 Å². The Morgan fingerprint density at radius 1 is 1.29 bits per heavy atom. The number of hydrogen-bond donors (Lipinski definition) is 2. The molecule has 0 aliphatic heterocycles. The molecule has 0 aromatic heterocycles. The quantitative estimate of drug-likeness (QED) is 0.869. The first kappa shape index (κ1) is 11.7. The number of aliphatic hydroxyl groups excluding tert-OH is 1. The molecule has 1 rings (SSSR count). The van der Waals surface area contributed by atoms with Crippen LogP contribution in [0.15, 0.2) is 28.7 Å². The lowest BCUT2D eigenvalue weighted by molar-refractivity contribution is 0.243. The minimum atomic E-state index is 0.133. The molecule has 1 unspecified atom stereocenters. The largest absolute Gasteiger partial charge is 0.395 e. The minimum absolute atomic E-state index is 0.133. The van der Waals surface area contributed by atoms with Crippen LogP contribution in [0.1, 0.15) is 25.5 Å². The molecule has 3 heteroatoms. The van der Waals surface area contributed by atoms with E-state index in [0.717, 1.165) is 4.47 Å². The molecule has 0 fully saturated rings. The Hall–Kier alpha value is -0.380. The highest BCUT2D eigenvalue weighted by atomic mass is 79.9. The molecule has 0 bridgehead atoms. The maximum Gasteiger partial charge on any atom is 0.0582 e. The third-order valence-electron chi connectivity index (χ3n) is 2.18. The fraction of sp³-hybridized carbons (Fsp3) is 0.455. The summed E-state index contributed by atoms with van der Waals surface area (Å²) in [6, 6.07) is 8.60. The Labute approximate surface area is 93.5 Å². The van der Waals surface area contributed by atoms with Crippen LogP contribution < -0.4 is 5.32 Å². The van der Waals surface area contributed by atoms with Gasteiger partial charge in [-0.3, -0.25) is 0 Å². The second kappa shape index (κ2) is 5.49. The molecular formula is C11H16BrNO. The average molecular weight is 258 g/mol. The maximum atomic E-state index is 8.90. The Balaban J connectivity index is 2.60. The van der Waals surface area contributed by atoms with E-state index in [4.69, 9.17) is 5.11 Å². The zero-order chi connectivity index (χ0) is 10.6. The Kier molecular flexibility index (Phi) is 4.58. The molecule has 0 radical (unpaired) electrons. The SMILES string of the molecule is CC(N[C@H](C)CO)c1ccc(Br)cc1. The third kappa shape index (κ3) is 3.40. The fourth-order valence-electron chi connectivity index (χ4n) is 1.33. The highest BCUT2D eigenvalue weighted by Crippen LogP contribution is 2.16. The van der Waals surface area contributed by atoms with Gasteiger partial charge in [0.2, 0.25) is 0 Å². The van der Waals surface area contributed by atoms with Crippen molar-refractivity contribution in [2.75, 3.05) is 6.61 Å². The standard InChI is InChI=1S/C11H16BrNO/c1-8(7-14)13-9(2)10-3-5-11(12)6-4-10/h3-6,8-9,13-14H,7H2,1-2H3/t8-,9?/m1/s1. The van der Waals surface area contributed by atoms with Crippen LogP contribution in [0.5, 0.6) is 0 Å². The predicted molar refractivity (Wildman–Crippen MR) is 62.2 cm³/mol. The van der Waals surface area contributed by atoms with E-state index < -0.39 is 0 Å². The van der Waals surface area contributed by atoms with Gasteiger partial charge in [0.05, 0.1) is 6.61 Å². The van der Waals surface area contributed by atoms with E-state index in [-0.39, 0.29) is 18.7 Å². The molecule has 2 nitrogen and oxygen atoms in total. The van der Waals surface area contributed by atoms with Gasteiger partial charge in [-0.15, -0.1) is 0 Å². The lowest BCUT2D eigenvalue weighted by Crippen LogP contribution is -2.31. The summed E-state index contributed by atoms with van der Waals surface area (Å²) in [6.07, 6.45) is 0.